The minimum atomic E-state index is 0.826. The molecule has 0 fully saturated rings. The highest BCUT2D eigenvalue weighted by Crippen LogP contribution is 2.04. The van der Waals surface area contributed by atoms with Gasteiger partial charge in [-0.15, -0.1) is 5.10 Å². The molecule has 0 atom stereocenters. The number of nitrogens with one attached hydrogen (secondary N) is 1. The molecule has 4 nitrogen and oxygen atoms in total. The Morgan fingerprint density at radius 3 is 2.75 bits per heavy atom. The van der Waals surface area contributed by atoms with Gasteiger partial charge < -0.3 is 5.32 Å². The van der Waals surface area contributed by atoms with E-state index in [1.165, 1.54) is 32.1 Å². The van der Waals surface area contributed by atoms with Gasteiger partial charge in [0.1, 0.15) is 0 Å². The van der Waals surface area contributed by atoms with Crippen LogP contribution in [0, 0.1) is 0 Å². The van der Waals surface area contributed by atoms with Crippen molar-refractivity contribution in [3.8, 4) is 0 Å². The average molecular weight is 224 g/mol. The molecular weight excluding hydrogens is 200 g/mol. The molecule has 1 aromatic heterocycles. The van der Waals surface area contributed by atoms with Crippen LogP contribution in [0.25, 0.3) is 0 Å². The zero-order valence-electron chi connectivity index (χ0n) is 10.6. The van der Waals surface area contributed by atoms with Crippen LogP contribution in [0.5, 0.6) is 0 Å². The predicted octanol–water partition coefficient (Wildman–Crippen LogP) is 2.36. The standard InChI is InChI=1S/C12H24N4/c1-3-5-6-7-8-9-16-11-12(14-15-16)10-13-4-2/h11,13H,3-10H2,1-2H3. The van der Waals surface area contributed by atoms with Crippen LogP contribution in [0.15, 0.2) is 6.20 Å². The summed E-state index contributed by atoms with van der Waals surface area (Å²) in [4.78, 5) is 0. The smallest absolute Gasteiger partial charge is 0.0964 e. The highest BCUT2D eigenvalue weighted by Gasteiger charge is 1.99. The van der Waals surface area contributed by atoms with Gasteiger partial charge in [0.25, 0.3) is 0 Å². The molecule has 0 amide bonds. The van der Waals surface area contributed by atoms with Crippen molar-refractivity contribution in [3.05, 3.63) is 11.9 Å². The van der Waals surface area contributed by atoms with Crippen LogP contribution in [-0.4, -0.2) is 21.5 Å². The molecule has 1 aromatic rings. The second kappa shape index (κ2) is 8.28. The van der Waals surface area contributed by atoms with E-state index in [1.54, 1.807) is 0 Å². The van der Waals surface area contributed by atoms with E-state index in [2.05, 4.69) is 29.5 Å². The minimum absolute atomic E-state index is 0.826. The van der Waals surface area contributed by atoms with E-state index in [0.29, 0.717) is 0 Å². The van der Waals surface area contributed by atoms with Crippen molar-refractivity contribution >= 4 is 0 Å². The fourth-order valence-corrected chi connectivity index (χ4v) is 1.66. The van der Waals surface area contributed by atoms with Crippen LogP contribution in [0.3, 0.4) is 0 Å². The van der Waals surface area contributed by atoms with E-state index in [9.17, 15) is 0 Å². The molecule has 0 bridgehead atoms. The largest absolute Gasteiger partial charge is 0.311 e. The minimum Gasteiger partial charge on any atom is -0.311 e. The molecule has 0 spiro atoms. The zero-order chi connectivity index (χ0) is 11.6. The number of hydrogen-bond donors (Lipinski definition) is 1. The summed E-state index contributed by atoms with van der Waals surface area (Å²) in [5.74, 6) is 0. The number of nitrogens with zero attached hydrogens (tertiary/aromatic N) is 3. The molecule has 0 saturated heterocycles. The summed E-state index contributed by atoms with van der Waals surface area (Å²) in [6.07, 6.45) is 8.55. The average Bonchev–Trinajstić information content (AvgIpc) is 2.74. The van der Waals surface area contributed by atoms with Crippen molar-refractivity contribution in [2.45, 2.75) is 59.0 Å². The molecule has 0 aliphatic rings. The van der Waals surface area contributed by atoms with Crippen molar-refractivity contribution in [1.82, 2.24) is 20.3 Å². The molecule has 0 aliphatic carbocycles. The Kier molecular flexibility index (Phi) is 6.81. The Morgan fingerprint density at radius 2 is 2.00 bits per heavy atom. The van der Waals surface area contributed by atoms with Crippen molar-refractivity contribution in [2.24, 2.45) is 0 Å². The third-order valence-electron chi connectivity index (χ3n) is 2.63. The molecule has 0 saturated carbocycles. The van der Waals surface area contributed by atoms with Gasteiger partial charge in [0.2, 0.25) is 0 Å². The molecule has 16 heavy (non-hydrogen) atoms. The van der Waals surface area contributed by atoms with Gasteiger partial charge in [0.15, 0.2) is 0 Å². The monoisotopic (exact) mass is 224 g/mol. The first-order chi connectivity index (χ1) is 7.86. The molecule has 1 rings (SSSR count). The van der Waals surface area contributed by atoms with Crippen LogP contribution in [-0.2, 0) is 13.1 Å². The predicted molar refractivity (Wildman–Crippen MR) is 66.2 cm³/mol. The summed E-state index contributed by atoms with van der Waals surface area (Å²) >= 11 is 0. The summed E-state index contributed by atoms with van der Waals surface area (Å²) in [6.45, 7) is 7.14. The van der Waals surface area contributed by atoms with Gasteiger partial charge in [0.05, 0.1) is 5.69 Å². The van der Waals surface area contributed by atoms with Gasteiger partial charge >= 0.3 is 0 Å². The summed E-state index contributed by atoms with van der Waals surface area (Å²) in [6, 6.07) is 0. The van der Waals surface area contributed by atoms with E-state index < -0.39 is 0 Å². The lowest BCUT2D eigenvalue weighted by atomic mass is 10.1. The quantitative estimate of drug-likeness (QED) is 0.655. The summed E-state index contributed by atoms with van der Waals surface area (Å²) < 4.78 is 1.96. The van der Waals surface area contributed by atoms with Gasteiger partial charge in [-0.05, 0) is 13.0 Å². The normalized spacial score (nSPS) is 10.9. The zero-order valence-corrected chi connectivity index (χ0v) is 10.6. The van der Waals surface area contributed by atoms with Crippen LogP contribution >= 0.6 is 0 Å². The molecule has 0 aliphatic heterocycles. The van der Waals surface area contributed by atoms with Crippen LogP contribution in [0.2, 0.25) is 0 Å². The molecule has 0 aromatic carbocycles. The lowest BCUT2D eigenvalue weighted by molar-refractivity contribution is 0.521. The fraction of sp³-hybridized carbons (Fsp3) is 0.833. The highest BCUT2D eigenvalue weighted by atomic mass is 15.4. The topological polar surface area (TPSA) is 42.7 Å². The van der Waals surface area contributed by atoms with Gasteiger partial charge in [-0.25, -0.2) is 0 Å². The maximum atomic E-state index is 4.12. The van der Waals surface area contributed by atoms with Gasteiger partial charge in [-0.2, -0.15) is 0 Å². The van der Waals surface area contributed by atoms with Crippen molar-refractivity contribution in [1.29, 1.82) is 0 Å². The van der Waals surface area contributed by atoms with Gasteiger partial charge in [-0.3, -0.25) is 4.68 Å². The second-order valence-corrected chi connectivity index (χ2v) is 4.17. The van der Waals surface area contributed by atoms with Crippen LogP contribution in [0.1, 0.15) is 51.6 Å². The van der Waals surface area contributed by atoms with E-state index in [0.717, 1.165) is 25.3 Å². The van der Waals surface area contributed by atoms with E-state index in [4.69, 9.17) is 0 Å². The molecular formula is C12H24N4. The van der Waals surface area contributed by atoms with Crippen LogP contribution < -0.4 is 5.32 Å². The Labute approximate surface area is 98.4 Å². The lowest BCUT2D eigenvalue weighted by Gasteiger charge is -2.00. The summed E-state index contributed by atoms with van der Waals surface area (Å²) in [5.41, 5.74) is 1.04. The van der Waals surface area contributed by atoms with E-state index >= 15 is 0 Å². The van der Waals surface area contributed by atoms with Gasteiger partial charge in [0, 0.05) is 19.3 Å². The Morgan fingerprint density at radius 1 is 1.19 bits per heavy atom. The highest BCUT2D eigenvalue weighted by molar-refractivity contribution is 4.91. The van der Waals surface area contributed by atoms with Gasteiger partial charge in [-0.1, -0.05) is 44.7 Å². The number of aromatic nitrogens is 3. The number of rotatable bonds is 9. The van der Waals surface area contributed by atoms with Crippen molar-refractivity contribution < 1.29 is 0 Å². The van der Waals surface area contributed by atoms with Crippen molar-refractivity contribution in [3.63, 3.8) is 0 Å². The SMILES string of the molecule is CCCCCCCn1cc(CNCC)nn1. The van der Waals surface area contributed by atoms with Crippen molar-refractivity contribution in [2.75, 3.05) is 6.54 Å². The summed E-state index contributed by atoms with van der Waals surface area (Å²) in [7, 11) is 0. The molecule has 92 valence electrons. The van der Waals surface area contributed by atoms with E-state index in [-0.39, 0.29) is 0 Å². The maximum absolute atomic E-state index is 4.12. The fourth-order valence-electron chi connectivity index (χ4n) is 1.66. The molecule has 1 N–H and O–H groups in total. The first-order valence-corrected chi connectivity index (χ1v) is 6.46. The van der Waals surface area contributed by atoms with Crippen LogP contribution in [0.4, 0.5) is 0 Å². The summed E-state index contributed by atoms with van der Waals surface area (Å²) in [5, 5.41) is 11.5. The third-order valence-corrected chi connectivity index (χ3v) is 2.63. The lowest BCUT2D eigenvalue weighted by Crippen LogP contribution is -2.11. The Hall–Kier alpha value is -0.900. The second-order valence-electron chi connectivity index (χ2n) is 4.17. The molecule has 4 heteroatoms. The Balaban J connectivity index is 2.14. The molecule has 0 radical (unpaired) electrons. The molecule has 1 heterocycles. The first-order valence-electron chi connectivity index (χ1n) is 6.46. The Bertz CT molecular complexity index is 270. The maximum Gasteiger partial charge on any atom is 0.0964 e. The molecule has 0 unspecified atom stereocenters. The first kappa shape index (κ1) is 13.2. The number of hydrogen-bond acceptors (Lipinski definition) is 3. The number of aryl methyl sites for hydroxylation is 1. The third kappa shape index (κ3) is 5.26. The number of unbranched alkanes of at least 4 members (excludes halogenated alkanes) is 4. The van der Waals surface area contributed by atoms with E-state index in [1.807, 2.05) is 10.9 Å².